The lowest BCUT2D eigenvalue weighted by atomic mass is 10.1. The summed E-state index contributed by atoms with van der Waals surface area (Å²) in [6.45, 7) is 3.76. The number of fused-ring (bicyclic) bond motifs is 1. The number of oxime groups is 1. The molecular weight excluding hydrogens is 334 g/mol. The van der Waals surface area contributed by atoms with Crippen molar-refractivity contribution in [1.82, 2.24) is 0 Å². The highest BCUT2D eigenvalue weighted by Crippen LogP contribution is 2.20. The summed E-state index contributed by atoms with van der Waals surface area (Å²) in [6.07, 6.45) is 0.537. The number of nitrogens with zero attached hydrogens (tertiary/aromatic N) is 1. The monoisotopic (exact) mass is 353 g/mol. The van der Waals surface area contributed by atoms with E-state index in [9.17, 15) is 8.42 Å². The van der Waals surface area contributed by atoms with Crippen LogP contribution in [0.25, 0.3) is 10.8 Å². The van der Waals surface area contributed by atoms with E-state index in [0.29, 0.717) is 12.1 Å². The molecule has 0 atom stereocenters. The Balaban J connectivity index is 1.77. The Labute approximate surface area is 147 Å². The van der Waals surface area contributed by atoms with Crippen molar-refractivity contribution in [2.45, 2.75) is 25.2 Å². The quantitative estimate of drug-likeness (QED) is 0.502. The van der Waals surface area contributed by atoms with E-state index in [2.05, 4.69) is 5.16 Å². The van der Waals surface area contributed by atoms with Crippen molar-refractivity contribution < 1.29 is 12.7 Å². The van der Waals surface area contributed by atoms with Crippen LogP contribution in [0.5, 0.6) is 0 Å². The van der Waals surface area contributed by atoms with Crippen molar-refractivity contribution >= 4 is 26.6 Å². The fourth-order valence-corrected chi connectivity index (χ4v) is 3.45. The van der Waals surface area contributed by atoms with Crippen LogP contribution in [-0.4, -0.2) is 14.1 Å². The molecule has 4 nitrogen and oxygen atoms in total. The molecule has 0 fully saturated rings. The molecule has 3 aromatic rings. The van der Waals surface area contributed by atoms with Gasteiger partial charge in [-0.2, -0.15) is 8.42 Å². The minimum absolute atomic E-state index is 0.0957. The van der Waals surface area contributed by atoms with Gasteiger partial charge in [0.25, 0.3) is 0 Å². The first kappa shape index (κ1) is 17.2. The first-order valence-corrected chi connectivity index (χ1v) is 9.36. The predicted molar refractivity (Wildman–Crippen MR) is 100 cm³/mol. The van der Waals surface area contributed by atoms with Crippen LogP contribution >= 0.6 is 0 Å². The Hall–Kier alpha value is -2.66. The van der Waals surface area contributed by atoms with E-state index < -0.39 is 10.1 Å². The van der Waals surface area contributed by atoms with E-state index in [4.69, 9.17) is 4.28 Å². The van der Waals surface area contributed by atoms with E-state index in [1.807, 2.05) is 55.5 Å². The summed E-state index contributed by atoms with van der Waals surface area (Å²) in [7, 11) is -3.93. The van der Waals surface area contributed by atoms with Crippen molar-refractivity contribution in [2.24, 2.45) is 5.16 Å². The van der Waals surface area contributed by atoms with Crippen molar-refractivity contribution in [2.75, 3.05) is 0 Å². The Morgan fingerprint density at radius 1 is 0.960 bits per heavy atom. The largest absolute Gasteiger partial charge is 0.358 e. The molecule has 0 bridgehead atoms. The topological polar surface area (TPSA) is 55.7 Å². The normalized spacial score (nSPS) is 12.3. The molecule has 0 saturated carbocycles. The minimum Gasteiger partial charge on any atom is -0.265 e. The molecule has 0 aliphatic heterocycles. The lowest BCUT2D eigenvalue weighted by molar-refractivity contribution is 0.337. The second kappa shape index (κ2) is 7.07. The van der Waals surface area contributed by atoms with Gasteiger partial charge in [-0.1, -0.05) is 65.3 Å². The highest BCUT2D eigenvalue weighted by atomic mass is 32.2. The summed E-state index contributed by atoms with van der Waals surface area (Å²) < 4.78 is 29.6. The van der Waals surface area contributed by atoms with Crippen LogP contribution < -0.4 is 0 Å². The summed E-state index contributed by atoms with van der Waals surface area (Å²) >= 11 is 0. The fourth-order valence-electron chi connectivity index (χ4n) is 2.63. The van der Waals surface area contributed by atoms with Gasteiger partial charge >= 0.3 is 10.1 Å². The van der Waals surface area contributed by atoms with E-state index in [0.717, 1.165) is 21.9 Å². The van der Waals surface area contributed by atoms with Gasteiger partial charge in [-0.15, -0.1) is 0 Å². The SMILES string of the molecule is C/C(Cc1cccc(C)c1)=N\OS(=O)(=O)c1ccc2ccccc2c1. The smallest absolute Gasteiger partial charge is 0.265 e. The van der Waals surface area contributed by atoms with Gasteiger partial charge in [0.05, 0.1) is 5.71 Å². The number of rotatable bonds is 5. The molecule has 0 aliphatic carbocycles. The second-order valence-electron chi connectivity index (χ2n) is 6.03. The average molecular weight is 353 g/mol. The summed E-state index contributed by atoms with van der Waals surface area (Å²) in [4.78, 5) is 0.0957. The number of hydrogen-bond acceptors (Lipinski definition) is 4. The molecular formula is C20H19NO3S. The van der Waals surface area contributed by atoms with Crippen LogP contribution in [0.4, 0.5) is 0 Å². The van der Waals surface area contributed by atoms with Gasteiger partial charge in [0.1, 0.15) is 4.90 Å². The lowest BCUT2D eigenvalue weighted by Crippen LogP contribution is -2.06. The van der Waals surface area contributed by atoms with E-state index >= 15 is 0 Å². The van der Waals surface area contributed by atoms with Crippen LogP contribution in [0, 0.1) is 6.92 Å². The maximum absolute atomic E-state index is 12.4. The Morgan fingerprint density at radius 2 is 1.72 bits per heavy atom. The molecule has 0 heterocycles. The highest BCUT2D eigenvalue weighted by molar-refractivity contribution is 7.86. The van der Waals surface area contributed by atoms with Crippen LogP contribution in [0.2, 0.25) is 0 Å². The molecule has 3 rings (SSSR count). The molecule has 0 aromatic heterocycles. The number of hydrogen-bond donors (Lipinski definition) is 0. The van der Waals surface area contributed by atoms with Gasteiger partial charge < -0.3 is 0 Å². The lowest BCUT2D eigenvalue weighted by Gasteiger charge is -2.05. The first-order chi connectivity index (χ1) is 11.9. The Kier molecular flexibility index (Phi) is 4.86. The van der Waals surface area contributed by atoms with E-state index in [1.165, 1.54) is 6.07 Å². The van der Waals surface area contributed by atoms with Gasteiger partial charge in [0.2, 0.25) is 0 Å². The van der Waals surface area contributed by atoms with Gasteiger partial charge in [0, 0.05) is 6.42 Å². The van der Waals surface area contributed by atoms with Gasteiger partial charge in [-0.3, -0.25) is 4.28 Å². The van der Waals surface area contributed by atoms with Crippen molar-refractivity contribution in [3.05, 3.63) is 77.9 Å². The van der Waals surface area contributed by atoms with Crippen LogP contribution in [-0.2, 0) is 20.8 Å². The van der Waals surface area contributed by atoms with Gasteiger partial charge in [0.15, 0.2) is 0 Å². The molecule has 0 amide bonds. The van der Waals surface area contributed by atoms with E-state index in [-0.39, 0.29) is 4.90 Å². The first-order valence-electron chi connectivity index (χ1n) is 7.95. The standard InChI is InChI=1S/C20H19NO3S/c1-15-6-5-7-17(12-15)13-16(2)21-24-25(22,23)20-11-10-18-8-3-4-9-19(18)14-20/h3-12,14H,13H2,1-2H3/b21-16+. The summed E-state index contributed by atoms with van der Waals surface area (Å²) in [6, 6.07) is 20.4. The molecule has 0 saturated heterocycles. The number of benzene rings is 3. The third-order valence-corrected chi connectivity index (χ3v) is 4.95. The van der Waals surface area contributed by atoms with E-state index in [1.54, 1.807) is 19.1 Å². The predicted octanol–water partition coefficient (Wildman–Crippen LogP) is 4.47. The summed E-state index contributed by atoms with van der Waals surface area (Å²) in [5.74, 6) is 0. The highest BCUT2D eigenvalue weighted by Gasteiger charge is 2.16. The molecule has 0 N–H and O–H groups in total. The molecule has 0 radical (unpaired) electrons. The minimum atomic E-state index is -3.93. The zero-order valence-corrected chi connectivity index (χ0v) is 15.0. The Bertz CT molecular complexity index is 1040. The molecule has 0 unspecified atom stereocenters. The molecule has 25 heavy (non-hydrogen) atoms. The van der Waals surface area contributed by atoms with Crippen molar-refractivity contribution in [1.29, 1.82) is 0 Å². The summed E-state index contributed by atoms with van der Waals surface area (Å²) in [5.41, 5.74) is 2.80. The molecule has 5 heteroatoms. The maximum Gasteiger partial charge on any atom is 0.358 e. The van der Waals surface area contributed by atoms with Crippen molar-refractivity contribution in [3.8, 4) is 0 Å². The molecule has 0 spiro atoms. The van der Waals surface area contributed by atoms with Gasteiger partial charge in [-0.25, -0.2) is 0 Å². The molecule has 0 aliphatic rings. The van der Waals surface area contributed by atoms with Crippen LogP contribution in [0.15, 0.2) is 76.8 Å². The summed E-state index contributed by atoms with van der Waals surface area (Å²) in [5, 5.41) is 5.62. The van der Waals surface area contributed by atoms with Gasteiger partial charge in [-0.05, 0) is 42.3 Å². The van der Waals surface area contributed by atoms with Crippen LogP contribution in [0.3, 0.4) is 0 Å². The zero-order valence-electron chi connectivity index (χ0n) is 14.1. The third-order valence-electron chi connectivity index (χ3n) is 3.84. The molecule has 3 aromatic carbocycles. The Morgan fingerprint density at radius 3 is 2.48 bits per heavy atom. The average Bonchev–Trinajstić information content (AvgIpc) is 2.60. The molecule has 128 valence electrons. The fraction of sp³-hybridized carbons (Fsp3) is 0.150. The van der Waals surface area contributed by atoms with Crippen molar-refractivity contribution in [3.63, 3.8) is 0 Å². The zero-order chi connectivity index (χ0) is 17.9. The maximum atomic E-state index is 12.4. The van der Waals surface area contributed by atoms with Crippen LogP contribution in [0.1, 0.15) is 18.1 Å². The third kappa shape index (κ3) is 4.25. The number of aryl methyl sites for hydroxylation is 1. The second-order valence-corrected chi connectivity index (χ2v) is 7.56.